The topological polar surface area (TPSA) is 129 Å². The molecule has 10 aromatic heterocycles. The van der Waals surface area contributed by atoms with Crippen LogP contribution in [0.1, 0.15) is 194 Å². The van der Waals surface area contributed by atoms with Crippen LogP contribution < -0.4 is 0 Å². The maximum atomic E-state index is 4.28. The lowest BCUT2D eigenvalue weighted by Crippen LogP contribution is -1.80. The van der Waals surface area contributed by atoms with Gasteiger partial charge in [-0.25, -0.2) is 0 Å². The summed E-state index contributed by atoms with van der Waals surface area (Å²) in [7, 11) is 0. The average molecular weight is 1730 g/mol. The van der Waals surface area contributed by atoms with E-state index in [9.17, 15) is 0 Å². The van der Waals surface area contributed by atoms with Crippen LogP contribution in [0.3, 0.4) is 0 Å². The van der Waals surface area contributed by atoms with Crippen LogP contribution >= 0.6 is 0 Å². The maximum absolute atomic E-state index is 4.28. The zero-order valence-corrected chi connectivity index (χ0v) is 84.1. The molecule has 0 amide bonds. The molecule has 680 valence electrons. The van der Waals surface area contributed by atoms with Crippen molar-refractivity contribution >= 4 is 108 Å². The van der Waals surface area contributed by atoms with Gasteiger partial charge in [0, 0.05) is 152 Å². The molecule has 0 N–H and O–H groups in total. The molecule has 0 fully saturated rings. The maximum Gasteiger partial charge on any atom is 0.0731 e. The zero-order chi connectivity index (χ0) is 96.8. The Hall–Kier alpha value is -13.7. The molecule has 0 atom stereocenters. The number of pyridine rings is 10. The Labute approximate surface area is 782 Å². The number of hydrogen-bond donors (Lipinski definition) is 0. The fourth-order valence-electron chi connectivity index (χ4n) is 12.3. The summed E-state index contributed by atoms with van der Waals surface area (Å²) < 4.78 is 0. The number of para-hydroxylation sites is 1. The van der Waals surface area contributed by atoms with E-state index in [1.54, 1.807) is 0 Å². The Morgan fingerprint density at radius 3 is 1.14 bits per heavy atom. The van der Waals surface area contributed by atoms with Gasteiger partial charge >= 0.3 is 0 Å². The molecule has 0 spiro atoms. The number of nitrogens with zero attached hydrogens (tertiary/aromatic N) is 10. The minimum absolute atomic E-state index is 1.07. The van der Waals surface area contributed by atoms with Crippen LogP contribution in [-0.2, 0) is 0 Å². The van der Waals surface area contributed by atoms with Crippen LogP contribution in [0.2, 0.25) is 0 Å². The molecule has 10 heteroatoms. The third-order valence-corrected chi connectivity index (χ3v) is 18.2. The molecule has 20 aromatic rings. The van der Waals surface area contributed by atoms with Crippen molar-refractivity contribution in [2.75, 3.05) is 0 Å². The molecule has 0 saturated heterocycles. The third kappa shape index (κ3) is 40.1. The summed E-state index contributed by atoms with van der Waals surface area (Å²) in [5.74, 6) is 0. The first-order chi connectivity index (χ1) is 63.7. The van der Waals surface area contributed by atoms with E-state index >= 15 is 0 Å². The van der Waals surface area contributed by atoms with Crippen LogP contribution in [0.15, 0.2) is 366 Å². The SMILES string of the molecule is CC.CC.CC.CC.CC.CC.CC.CC.CC.CC.Cc1cc2ccccc2cn1.Cc1ccc2cccnc2c1.Cc1ccc2ccncc2c1.Cc1ccc2cnccc2c1.Cc1ccc2ncccc2c1.Cc1cccc2cccnc12.Cc1cccc2cnccc12.Cc1cccc2ncccc12.Cc1cncc2ccccc12.Cc1nccc2ccccc12. The molecule has 0 aliphatic rings. The van der Waals surface area contributed by atoms with Crippen molar-refractivity contribution < 1.29 is 0 Å². The first-order valence-corrected chi connectivity index (χ1v) is 46.7. The Balaban J connectivity index is 0.000000706. The smallest absolute Gasteiger partial charge is 0.0731 e. The second-order valence-corrected chi connectivity index (χ2v) is 26.8. The van der Waals surface area contributed by atoms with Gasteiger partial charge in [0.15, 0.2) is 0 Å². The van der Waals surface area contributed by atoms with Crippen LogP contribution in [0.5, 0.6) is 0 Å². The summed E-state index contributed by atoms with van der Waals surface area (Å²) in [6.45, 7) is 60.8. The highest BCUT2D eigenvalue weighted by Gasteiger charge is 2.01. The molecule has 0 bridgehead atoms. The molecule has 10 nitrogen and oxygen atoms in total. The zero-order valence-electron chi connectivity index (χ0n) is 84.1. The van der Waals surface area contributed by atoms with Crippen LogP contribution in [0, 0.1) is 69.2 Å². The van der Waals surface area contributed by atoms with Crippen molar-refractivity contribution in [2.45, 2.75) is 208 Å². The lowest BCUT2D eigenvalue weighted by atomic mass is 10.1. The summed E-state index contributed by atoms with van der Waals surface area (Å²) in [6, 6.07) is 95.1. The molecule has 0 unspecified atom stereocenters. The standard InChI is InChI=1S/10C10H9N.10C2H6/c1-8-4-2-6-10-9(8)5-3-7-11-10;1-8-4-2-5-9-6-3-7-11-10(8)9;1-8-2-3-10-7-11-5-4-9(10)6-8;1-8-2-3-9-4-5-11-7-10(9)6-8;1-8-4-5-10-9(7-8)3-2-6-11-10;1-8-4-5-9-3-2-6-11-10(9)7-8;1-8-3-2-4-9-7-11-6-5-10(8)9;1-8-6-11-7-9-4-2-3-5-10(8)9;1-8-6-9-4-2-3-5-10(9)7-11-8;1-8-10-5-3-2-4-9(10)6-7-11-8;10*1-2/h10*2-7H,1H3;10*1-2H3. The summed E-state index contributed by atoms with van der Waals surface area (Å²) in [5, 5.41) is 19.8. The minimum Gasteiger partial charge on any atom is -0.264 e. The Kier molecular flexibility index (Phi) is 61.9. The molecule has 0 aliphatic carbocycles. The van der Waals surface area contributed by atoms with Gasteiger partial charge in [-0.2, -0.15) is 0 Å². The normalized spacial score (nSPS) is 9.15. The number of aryl methyl sites for hydroxylation is 10. The van der Waals surface area contributed by atoms with E-state index < -0.39 is 0 Å². The van der Waals surface area contributed by atoms with Gasteiger partial charge < -0.3 is 0 Å². The number of benzene rings is 10. The largest absolute Gasteiger partial charge is 0.264 e. The second kappa shape index (κ2) is 70.4. The molecule has 130 heavy (non-hydrogen) atoms. The number of aromatic nitrogens is 10. The summed E-state index contributed by atoms with van der Waals surface area (Å²) >= 11 is 0. The second-order valence-electron chi connectivity index (χ2n) is 26.8. The molecule has 0 saturated carbocycles. The van der Waals surface area contributed by atoms with Crippen molar-refractivity contribution in [3.05, 3.63) is 422 Å². The molecule has 10 aromatic carbocycles. The lowest BCUT2D eigenvalue weighted by molar-refractivity contribution is 1.22. The van der Waals surface area contributed by atoms with Gasteiger partial charge in [-0.15, -0.1) is 0 Å². The quantitative estimate of drug-likeness (QED) is 0.145. The van der Waals surface area contributed by atoms with Crippen LogP contribution in [0.25, 0.3) is 108 Å². The first kappa shape index (κ1) is 114. The van der Waals surface area contributed by atoms with E-state index in [4.69, 9.17) is 0 Å². The van der Waals surface area contributed by atoms with Crippen molar-refractivity contribution in [3.8, 4) is 0 Å². The van der Waals surface area contributed by atoms with E-state index in [0.29, 0.717) is 0 Å². The summed E-state index contributed by atoms with van der Waals surface area (Å²) in [5.41, 5.74) is 16.7. The van der Waals surface area contributed by atoms with Gasteiger partial charge in [-0.05, 0) is 214 Å². The Bertz CT molecular complexity index is 5410. The fourth-order valence-corrected chi connectivity index (χ4v) is 12.3. The van der Waals surface area contributed by atoms with Crippen LogP contribution in [-0.4, -0.2) is 49.8 Å². The van der Waals surface area contributed by atoms with Gasteiger partial charge in [0.1, 0.15) is 0 Å². The number of hydrogen-bond acceptors (Lipinski definition) is 10. The molecule has 0 aliphatic heterocycles. The monoisotopic (exact) mass is 1730 g/mol. The third-order valence-electron chi connectivity index (χ3n) is 18.2. The highest BCUT2D eigenvalue weighted by atomic mass is 14.7. The predicted octanol–water partition coefficient (Wildman–Crippen LogP) is 35.7. The van der Waals surface area contributed by atoms with E-state index in [1.807, 2.05) is 336 Å². The van der Waals surface area contributed by atoms with E-state index in [-0.39, 0.29) is 0 Å². The molecule has 10 heterocycles. The molecular formula is C120H150N10. The van der Waals surface area contributed by atoms with Crippen LogP contribution in [0.4, 0.5) is 0 Å². The minimum atomic E-state index is 1.07. The molecule has 20 rings (SSSR count). The van der Waals surface area contributed by atoms with Gasteiger partial charge in [-0.3, -0.25) is 49.8 Å². The Morgan fingerprint density at radius 1 is 0.162 bits per heavy atom. The van der Waals surface area contributed by atoms with E-state index in [2.05, 4.69) is 287 Å². The fraction of sp³-hybridized carbons (Fsp3) is 0.250. The summed E-state index contributed by atoms with van der Waals surface area (Å²) in [4.78, 5) is 41.7. The van der Waals surface area contributed by atoms with Crippen molar-refractivity contribution in [1.82, 2.24) is 49.8 Å². The average Bonchev–Trinajstić information content (AvgIpc) is 0.830. The molecular weight excluding hydrogens is 1580 g/mol. The van der Waals surface area contributed by atoms with Gasteiger partial charge in [-0.1, -0.05) is 349 Å². The van der Waals surface area contributed by atoms with Gasteiger partial charge in [0.05, 0.1) is 22.1 Å². The highest BCUT2D eigenvalue weighted by molar-refractivity contribution is 5.88. The van der Waals surface area contributed by atoms with E-state index in [1.165, 1.54) is 131 Å². The number of rotatable bonds is 0. The van der Waals surface area contributed by atoms with Gasteiger partial charge in [0.2, 0.25) is 0 Å². The van der Waals surface area contributed by atoms with Crippen molar-refractivity contribution in [2.24, 2.45) is 0 Å². The van der Waals surface area contributed by atoms with Crippen molar-refractivity contribution in [1.29, 1.82) is 0 Å². The van der Waals surface area contributed by atoms with Gasteiger partial charge in [0.25, 0.3) is 0 Å². The lowest BCUT2D eigenvalue weighted by Gasteiger charge is -1.98. The predicted molar refractivity (Wildman–Crippen MR) is 578 cm³/mol. The van der Waals surface area contributed by atoms with E-state index in [0.717, 1.165) is 33.5 Å². The van der Waals surface area contributed by atoms with Crippen molar-refractivity contribution in [3.63, 3.8) is 0 Å². The first-order valence-electron chi connectivity index (χ1n) is 46.7. The summed E-state index contributed by atoms with van der Waals surface area (Å²) in [6.07, 6.45) is 26.0. The number of fused-ring (bicyclic) bond motifs is 10. The molecule has 0 radical (unpaired) electrons. The highest BCUT2D eigenvalue weighted by Crippen LogP contribution is 2.22. The Morgan fingerprint density at radius 2 is 0.538 bits per heavy atom.